The summed E-state index contributed by atoms with van der Waals surface area (Å²) in [5.41, 5.74) is 0. The van der Waals surface area contributed by atoms with E-state index in [4.69, 9.17) is 9.15 Å². The highest BCUT2D eigenvalue weighted by atomic mass is 79.9. The van der Waals surface area contributed by atoms with Crippen LogP contribution in [0.15, 0.2) is 39.8 Å². The van der Waals surface area contributed by atoms with Crippen molar-refractivity contribution >= 4 is 21.8 Å². The van der Waals surface area contributed by atoms with Gasteiger partial charge in [-0.1, -0.05) is 0 Å². The van der Waals surface area contributed by atoms with E-state index in [1.54, 1.807) is 35.6 Å². The lowest BCUT2D eigenvalue weighted by Gasteiger charge is -2.31. The van der Waals surface area contributed by atoms with E-state index < -0.39 is 0 Å². The summed E-state index contributed by atoms with van der Waals surface area (Å²) in [4.78, 5) is 22.1. The van der Waals surface area contributed by atoms with Gasteiger partial charge in [-0.05, 0) is 40.9 Å². The van der Waals surface area contributed by atoms with Gasteiger partial charge in [-0.25, -0.2) is 4.98 Å². The zero-order valence-electron chi connectivity index (χ0n) is 11.2. The Morgan fingerprint density at radius 2 is 2.33 bits per heavy atom. The lowest BCUT2D eigenvalue weighted by molar-refractivity contribution is 0.0498. The van der Waals surface area contributed by atoms with Crippen LogP contribution in [-0.4, -0.2) is 40.0 Å². The molecule has 0 radical (unpaired) electrons. The molecule has 2 aromatic heterocycles. The first-order chi connectivity index (χ1) is 10.2. The standard InChI is InChI=1S/C14H14BrN3O3/c15-12-4-3-11(21-12)14(19)18-7-1-2-10(9-18)20-13-8-16-5-6-17-13/h3-6,8,10H,1-2,7,9H2/t10-/m0/s1. The van der Waals surface area contributed by atoms with Gasteiger partial charge in [0.25, 0.3) is 5.91 Å². The van der Waals surface area contributed by atoms with Crippen molar-refractivity contribution in [2.24, 2.45) is 0 Å². The first kappa shape index (κ1) is 14.1. The molecule has 110 valence electrons. The molecule has 1 aliphatic heterocycles. The minimum absolute atomic E-state index is 0.0715. The molecule has 1 fully saturated rings. The molecular formula is C14H14BrN3O3. The fourth-order valence-electron chi connectivity index (χ4n) is 2.32. The van der Waals surface area contributed by atoms with E-state index in [0.717, 1.165) is 12.8 Å². The highest BCUT2D eigenvalue weighted by Gasteiger charge is 2.27. The van der Waals surface area contributed by atoms with E-state index >= 15 is 0 Å². The summed E-state index contributed by atoms with van der Waals surface area (Å²) in [6.45, 7) is 1.23. The molecule has 7 heteroatoms. The number of aromatic nitrogens is 2. The molecule has 3 rings (SSSR count). The summed E-state index contributed by atoms with van der Waals surface area (Å²) in [5, 5.41) is 0. The molecule has 21 heavy (non-hydrogen) atoms. The van der Waals surface area contributed by atoms with Crippen LogP contribution in [0.25, 0.3) is 0 Å². The molecule has 6 nitrogen and oxygen atoms in total. The topological polar surface area (TPSA) is 68.5 Å². The Morgan fingerprint density at radius 3 is 3.05 bits per heavy atom. The number of piperidine rings is 1. The first-order valence-corrected chi connectivity index (χ1v) is 7.49. The summed E-state index contributed by atoms with van der Waals surface area (Å²) in [6.07, 6.45) is 6.46. The molecule has 0 spiro atoms. The van der Waals surface area contributed by atoms with Crippen LogP contribution in [0.3, 0.4) is 0 Å². The van der Waals surface area contributed by atoms with Crippen LogP contribution in [0, 0.1) is 0 Å². The third-order valence-corrected chi connectivity index (χ3v) is 3.70. The largest absolute Gasteiger partial charge is 0.471 e. The molecular weight excluding hydrogens is 338 g/mol. The van der Waals surface area contributed by atoms with E-state index in [1.807, 2.05) is 0 Å². The monoisotopic (exact) mass is 351 g/mol. The second kappa shape index (κ2) is 6.26. The molecule has 1 saturated heterocycles. The molecule has 3 heterocycles. The molecule has 0 bridgehead atoms. The number of likely N-dealkylation sites (tertiary alicyclic amines) is 1. The zero-order valence-corrected chi connectivity index (χ0v) is 12.8. The number of halogens is 1. The highest BCUT2D eigenvalue weighted by Crippen LogP contribution is 2.20. The van der Waals surface area contributed by atoms with Crippen molar-refractivity contribution in [2.45, 2.75) is 18.9 Å². The maximum Gasteiger partial charge on any atom is 0.289 e. The van der Waals surface area contributed by atoms with Gasteiger partial charge in [0, 0.05) is 18.9 Å². The third-order valence-electron chi connectivity index (χ3n) is 3.28. The average Bonchev–Trinajstić information content (AvgIpc) is 2.94. The number of carbonyl (C=O) groups excluding carboxylic acids is 1. The fourth-order valence-corrected chi connectivity index (χ4v) is 2.63. The summed E-state index contributed by atoms with van der Waals surface area (Å²) in [5.74, 6) is 0.702. The number of amides is 1. The minimum Gasteiger partial charge on any atom is -0.471 e. The number of furan rings is 1. The summed E-state index contributed by atoms with van der Waals surface area (Å²) in [6, 6.07) is 3.38. The molecule has 0 aliphatic carbocycles. The van der Waals surface area contributed by atoms with Crippen molar-refractivity contribution in [2.75, 3.05) is 13.1 Å². The van der Waals surface area contributed by atoms with Crippen LogP contribution in [0.1, 0.15) is 23.4 Å². The molecule has 0 N–H and O–H groups in total. The predicted octanol–water partition coefficient (Wildman–Crippen LogP) is 2.52. The predicted molar refractivity (Wildman–Crippen MR) is 78.0 cm³/mol. The van der Waals surface area contributed by atoms with Gasteiger partial charge >= 0.3 is 0 Å². The lowest BCUT2D eigenvalue weighted by atomic mass is 10.1. The Labute approximate surface area is 130 Å². The van der Waals surface area contributed by atoms with Crippen LogP contribution >= 0.6 is 15.9 Å². The molecule has 0 saturated carbocycles. The van der Waals surface area contributed by atoms with Gasteiger partial charge in [0.05, 0.1) is 12.7 Å². The Bertz CT molecular complexity index is 617. The van der Waals surface area contributed by atoms with Gasteiger partial charge in [0.1, 0.15) is 6.10 Å². The van der Waals surface area contributed by atoms with Crippen LogP contribution in [0.4, 0.5) is 0 Å². The van der Waals surface area contributed by atoms with E-state index in [0.29, 0.717) is 29.4 Å². The van der Waals surface area contributed by atoms with Crippen LogP contribution < -0.4 is 4.74 Å². The number of hydrogen-bond donors (Lipinski definition) is 0. The molecule has 0 unspecified atom stereocenters. The van der Waals surface area contributed by atoms with Gasteiger partial charge in [-0.3, -0.25) is 9.78 Å². The van der Waals surface area contributed by atoms with Crippen molar-refractivity contribution in [3.05, 3.63) is 41.2 Å². The summed E-state index contributed by atoms with van der Waals surface area (Å²) >= 11 is 3.20. The Balaban J connectivity index is 1.64. The normalized spacial score (nSPS) is 18.5. The van der Waals surface area contributed by atoms with Crippen LogP contribution in [0.5, 0.6) is 5.88 Å². The Morgan fingerprint density at radius 1 is 1.43 bits per heavy atom. The summed E-state index contributed by atoms with van der Waals surface area (Å²) < 4.78 is 11.6. The van der Waals surface area contributed by atoms with Crippen molar-refractivity contribution in [1.29, 1.82) is 0 Å². The third kappa shape index (κ3) is 3.41. The number of rotatable bonds is 3. The number of ether oxygens (including phenoxy) is 1. The number of hydrogen-bond acceptors (Lipinski definition) is 5. The van der Waals surface area contributed by atoms with Crippen molar-refractivity contribution in [3.63, 3.8) is 0 Å². The average molecular weight is 352 g/mol. The Kier molecular flexibility index (Phi) is 4.19. The van der Waals surface area contributed by atoms with Gasteiger partial charge in [0.15, 0.2) is 10.4 Å². The fraction of sp³-hybridized carbons (Fsp3) is 0.357. The van der Waals surface area contributed by atoms with Crippen LogP contribution in [-0.2, 0) is 0 Å². The van der Waals surface area contributed by atoms with E-state index in [9.17, 15) is 4.79 Å². The smallest absolute Gasteiger partial charge is 0.289 e. The van der Waals surface area contributed by atoms with Gasteiger partial charge in [0.2, 0.25) is 5.88 Å². The maximum atomic E-state index is 12.3. The molecule has 2 aromatic rings. The molecule has 1 atom stereocenters. The second-order valence-corrected chi connectivity index (χ2v) is 5.56. The second-order valence-electron chi connectivity index (χ2n) is 4.78. The van der Waals surface area contributed by atoms with Gasteiger partial charge < -0.3 is 14.1 Å². The van der Waals surface area contributed by atoms with Crippen molar-refractivity contribution in [1.82, 2.24) is 14.9 Å². The maximum absolute atomic E-state index is 12.3. The van der Waals surface area contributed by atoms with Crippen LogP contribution in [0.2, 0.25) is 0 Å². The zero-order chi connectivity index (χ0) is 14.7. The van der Waals surface area contributed by atoms with E-state index in [-0.39, 0.29) is 12.0 Å². The lowest BCUT2D eigenvalue weighted by Crippen LogP contribution is -2.44. The van der Waals surface area contributed by atoms with E-state index in [2.05, 4.69) is 25.9 Å². The van der Waals surface area contributed by atoms with Gasteiger partial charge in [-0.2, -0.15) is 0 Å². The Hall–Kier alpha value is -1.89. The molecule has 1 aliphatic rings. The number of nitrogens with zero attached hydrogens (tertiary/aromatic N) is 3. The first-order valence-electron chi connectivity index (χ1n) is 6.69. The molecule has 0 aromatic carbocycles. The highest BCUT2D eigenvalue weighted by molar-refractivity contribution is 9.10. The molecule has 1 amide bonds. The summed E-state index contributed by atoms with van der Waals surface area (Å²) in [7, 11) is 0. The van der Waals surface area contributed by atoms with Crippen molar-refractivity contribution < 1.29 is 13.9 Å². The SMILES string of the molecule is O=C(c1ccc(Br)o1)N1CCC[C@H](Oc2cnccn2)C1. The minimum atomic E-state index is -0.117. The quantitative estimate of drug-likeness (QED) is 0.849. The van der Waals surface area contributed by atoms with Gasteiger partial charge in [-0.15, -0.1) is 0 Å². The number of carbonyl (C=O) groups is 1. The van der Waals surface area contributed by atoms with E-state index in [1.165, 1.54) is 0 Å². The van der Waals surface area contributed by atoms with Crippen molar-refractivity contribution in [3.8, 4) is 5.88 Å².